The molecule has 0 unspecified atom stereocenters. The minimum Gasteiger partial charge on any atom is -0.478 e. The number of carbonyl (C=O) groups excluding carboxylic acids is 1. The van der Waals surface area contributed by atoms with Gasteiger partial charge in [0.05, 0.1) is 6.61 Å². The van der Waals surface area contributed by atoms with Gasteiger partial charge in [-0.25, -0.2) is 4.79 Å². The molecule has 0 aliphatic carbocycles. The predicted octanol–water partition coefficient (Wildman–Crippen LogP) is 4.93. The Kier molecular flexibility index (Phi) is 18.4. The first-order valence-corrected chi connectivity index (χ1v) is 10.9. The standard InChI is InChI=1S/C22H41NO4/c1-2-3-4-5-6-7-8-9-10-11-12-13-14-15-18-23(19-20-24)21(25)16-17-22(26)27/h16-17,24H,2-15,18-20H2,1H3,(H,26,27)/b17-16-. The second-order valence-corrected chi connectivity index (χ2v) is 7.32. The lowest BCUT2D eigenvalue weighted by Gasteiger charge is -2.19. The number of aliphatic hydroxyl groups excluding tert-OH is 1. The van der Waals surface area contributed by atoms with Crippen molar-refractivity contribution in [2.24, 2.45) is 0 Å². The molecule has 0 aromatic heterocycles. The third-order valence-corrected chi connectivity index (χ3v) is 4.83. The van der Waals surface area contributed by atoms with Crippen LogP contribution in [0.1, 0.15) is 96.8 Å². The molecule has 0 aliphatic rings. The van der Waals surface area contributed by atoms with E-state index in [9.17, 15) is 9.59 Å². The molecule has 0 heterocycles. The van der Waals surface area contributed by atoms with Gasteiger partial charge < -0.3 is 15.1 Å². The molecule has 0 aromatic rings. The van der Waals surface area contributed by atoms with Crippen LogP contribution in [0.25, 0.3) is 0 Å². The number of aliphatic hydroxyl groups is 1. The number of carboxylic acid groups (broad SMARTS) is 1. The van der Waals surface area contributed by atoms with Crippen molar-refractivity contribution in [3.63, 3.8) is 0 Å². The van der Waals surface area contributed by atoms with Crippen LogP contribution < -0.4 is 0 Å². The van der Waals surface area contributed by atoms with E-state index in [1.165, 1.54) is 81.9 Å². The fraction of sp³-hybridized carbons (Fsp3) is 0.818. The summed E-state index contributed by atoms with van der Waals surface area (Å²) < 4.78 is 0. The van der Waals surface area contributed by atoms with Crippen LogP contribution in [0.2, 0.25) is 0 Å². The van der Waals surface area contributed by atoms with Crippen molar-refractivity contribution in [2.45, 2.75) is 96.8 Å². The summed E-state index contributed by atoms with van der Waals surface area (Å²) in [6, 6.07) is 0. The molecule has 0 aliphatic heterocycles. The van der Waals surface area contributed by atoms with Gasteiger partial charge in [0, 0.05) is 25.2 Å². The summed E-state index contributed by atoms with van der Waals surface area (Å²) in [5, 5.41) is 17.6. The number of aliphatic carboxylic acids is 1. The van der Waals surface area contributed by atoms with E-state index in [0.717, 1.165) is 25.0 Å². The van der Waals surface area contributed by atoms with Crippen molar-refractivity contribution in [2.75, 3.05) is 19.7 Å². The topological polar surface area (TPSA) is 77.8 Å². The smallest absolute Gasteiger partial charge is 0.328 e. The monoisotopic (exact) mass is 383 g/mol. The van der Waals surface area contributed by atoms with E-state index in [0.29, 0.717) is 6.54 Å². The number of hydrogen-bond donors (Lipinski definition) is 2. The van der Waals surface area contributed by atoms with Crippen molar-refractivity contribution in [3.8, 4) is 0 Å². The van der Waals surface area contributed by atoms with Crippen LogP contribution in [0.15, 0.2) is 12.2 Å². The number of unbranched alkanes of at least 4 members (excludes halogenated alkanes) is 13. The van der Waals surface area contributed by atoms with Crippen LogP contribution in [0.4, 0.5) is 0 Å². The van der Waals surface area contributed by atoms with Gasteiger partial charge in [-0.1, -0.05) is 90.4 Å². The second-order valence-electron chi connectivity index (χ2n) is 7.32. The highest BCUT2D eigenvalue weighted by Crippen LogP contribution is 2.13. The molecule has 1 amide bonds. The van der Waals surface area contributed by atoms with E-state index in [1.807, 2.05) is 0 Å². The number of nitrogens with zero attached hydrogens (tertiary/aromatic N) is 1. The molecule has 0 fully saturated rings. The molecule has 0 saturated carbocycles. The first kappa shape index (κ1) is 25.6. The van der Waals surface area contributed by atoms with Gasteiger partial charge >= 0.3 is 5.97 Å². The number of carbonyl (C=O) groups is 2. The second kappa shape index (κ2) is 19.4. The Labute approximate surface area is 165 Å². The lowest BCUT2D eigenvalue weighted by molar-refractivity contribution is -0.132. The summed E-state index contributed by atoms with van der Waals surface area (Å²) in [6.45, 7) is 2.97. The number of hydrogen-bond acceptors (Lipinski definition) is 3. The van der Waals surface area contributed by atoms with Gasteiger partial charge in [0.25, 0.3) is 0 Å². The molecular weight excluding hydrogens is 342 g/mol. The fourth-order valence-electron chi connectivity index (χ4n) is 3.20. The van der Waals surface area contributed by atoms with E-state index in [4.69, 9.17) is 10.2 Å². The molecule has 0 radical (unpaired) electrons. The summed E-state index contributed by atoms with van der Waals surface area (Å²) in [6.07, 6.45) is 19.9. The first-order valence-electron chi connectivity index (χ1n) is 10.9. The number of rotatable bonds is 19. The van der Waals surface area contributed by atoms with Gasteiger partial charge in [-0.3, -0.25) is 4.79 Å². The van der Waals surface area contributed by atoms with Crippen LogP contribution >= 0.6 is 0 Å². The van der Waals surface area contributed by atoms with E-state index < -0.39 is 5.97 Å². The van der Waals surface area contributed by atoms with Crippen LogP contribution in [-0.2, 0) is 9.59 Å². The highest BCUT2D eigenvalue weighted by atomic mass is 16.4. The Morgan fingerprint density at radius 1 is 0.704 bits per heavy atom. The first-order chi connectivity index (χ1) is 13.1. The van der Waals surface area contributed by atoms with E-state index in [2.05, 4.69) is 6.92 Å². The Morgan fingerprint density at radius 2 is 1.15 bits per heavy atom. The highest BCUT2D eigenvalue weighted by molar-refractivity contribution is 5.93. The SMILES string of the molecule is CCCCCCCCCCCCCCCCN(CCO)C(=O)/C=C\C(=O)O. The van der Waals surface area contributed by atoms with E-state index in [-0.39, 0.29) is 19.1 Å². The molecule has 5 nitrogen and oxygen atoms in total. The molecule has 0 spiro atoms. The van der Waals surface area contributed by atoms with Gasteiger partial charge in [-0.2, -0.15) is 0 Å². The summed E-state index contributed by atoms with van der Waals surface area (Å²) in [7, 11) is 0. The van der Waals surface area contributed by atoms with Crippen molar-refractivity contribution in [1.29, 1.82) is 0 Å². The lowest BCUT2D eigenvalue weighted by atomic mass is 10.0. The van der Waals surface area contributed by atoms with Gasteiger partial charge in [0.1, 0.15) is 0 Å². The van der Waals surface area contributed by atoms with E-state index >= 15 is 0 Å². The van der Waals surface area contributed by atoms with Crippen LogP contribution in [0.5, 0.6) is 0 Å². The van der Waals surface area contributed by atoms with Crippen LogP contribution in [0.3, 0.4) is 0 Å². The van der Waals surface area contributed by atoms with Crippen LogP contribution in [0, 0.1) is 0 Å². The minimum atomic E-state index is -1.14. The Bertz CT molecular complexity index is 396. The van der Waals surface area contributed by atoms with Gasteiger partial charge in [0.2, 0.25) is 5.91 Å². The Morgan fingerprint density at radius 3 is 1.56 bits per heavy atom. The molecule has 27 heavy (non-hydrogen) atoms. The Balaban J connectivity index is 3.54. The third kappa shape index (κ3) is 17.8. The van der Waals surface area contributed by atoms with E-state index in [1.54, 1.807) is 0 Å². The summed E-state index contributed by atoms with van der Waals surface area (Å²) in [5.74, 6) is -1.48. The maximum atomic E-state index is 11.9. The quantitative estimate of drug-likeness (QED) is 0.245. The molecular formula is C22H41NO4. The summed E-state index contributed by atoms with van der Waals surface area (Å²) in [5.41, 5.74) is 0. The van der Waals surface area contributed by atoms with Crippen molar-refractivity contribution < 1.29 is 19.8 Å². The predicted molar refractivity (Wildman–Crippen MR) is 111 cm³/mol. The zero-order valence-electron chi connectivity index (χ0n) is 17.3. The molecule has 2 N–H and O–H groups in total. The van der Waals surface area contributed by atoms with Gasteiger partial charge in [0.15, 0.2) is 0 Å². The molecule has 5 heteroatoms. The largest absolute Gasteiger partial charge is 0.478 e. The summed E-state index contributed by atoms with van der Waals surface area (Å²) >= 11 is 0. The molecule has 0 saturated heterocycles. The van der Waals surface area contributed by atoms with Crippen molar-refractivity contribution in [1.82, 2.24) is 4.90 Å². The zero-order valence-corrected chi connectivity index (χ0v) is 17.3. The molecule has 0 aromatic carbocycles. The Hall–Kier alpha value is -1.36. The maximum Gasteiger partial charge on any atom is 0.328 e. The molecule has 0 atom stereocenters. The molecule has 0 bridgehead atoms. The maximum absolute atomic E-state index is 11.9. The third-order valence-electron chi connectivity index (χ3n) is 4.83. The molecule has 158 valence electrons. The van der Waals surface area contributed by atoms with Gasteiger partial charge in [-0.15, -0.1) is 0 Å². The van der Waals surface area contributed by atoms with Crippen molar-refractivity contribution >= 4 is 11.9 Å². The normalized spacial score (nSPS) is 11.2. The number of carboxylic acids is 1. The van der Waals surface area contributed by atoms with Crippen LogP contribution in [-0.4, -0.2) is 46.7 Å². The minimum absolute atomic E-state index is 0.106. The molecule has 0 rings (SSSR count). The fourth-order valence-corrected chi connectivity index (χ4v) is 3.20. The zero-order chi connectivity index (χ0) is 20.2. The average molecular weight is 384 g/mol. The average Bonchev–Trinajstić information content (AvgIpc) is 2.65. The van der Waals surface area contributed by atoms with Gasteiger partial charge in [-0.05, 0) is 6.42 Å². The van der Waals surface area contributed by atoms with Crippen molar-refractivity contribution in [3.05, 3.63) is 12.2 Å². The highest BCUT2D eigenvalue weighted by Gasteiger charge is 2.09. The number of amides is 1. The lowest BCUT2D eigenvalue weighted by Crippen LogP contribution is -2.33. The summed E-state index contributed by atoms with van der Waals surface area (Å²) in [4.78, 5) is 23.9.